The van der Waals surface area contributed by atoms with E-state index in [-0.39, 0.29) is 5.57 Å². The number of hydrogen-bond donors (Lipinski definition) is 2. The summed E-state index contributed by atoms with van der Waals surface area (Å²) in [6.45, 7) is 7.98. The van der Waals surface area contributed by atoms with Gasteiger partial charge in [0.1, 0.15) is 0 Å². The van der Waals surface area contributed by atoms with E-state index in [0.29, 0.717) is 6.04 Å². The van der Waals surface area contributed by atoms with E-state index in [9.17, 15) is 9.59 Å². The fourth-order valence-corrected chi connectivity index (χ4v) is 1.97. The Kier molecular flexibility index (Phi) is 5.05. The lowest BCUT2D eigenvalue weighted by atomic mass is 10.2. The zero-order chi connectivity index (χ0) is 17.0. The maximum absolute atomic E-state index is 11.8. The molecule has 0 bridgehead atoms. The van der Waals surface area contributed by atoms with Crippen molar-refractivity contribution in [3.8, 4) is 0 Å². The summed E-state index contributed by atoms with van der Waals surface area (Å²) in [6, 6.07) is 8.11. The second kappa shape index (κ2) is 6.83. The first-order valence-corrected chi connectivity index (χ1v) is 7.52. The minimum atomic E-state index is -1.23. The molecule has 6 nitrogen and oxygen atoms in total. The van der Waals surface area contributed by atoms with Crippen LogP contribution in [0.3, 0.4) is 0 Å². The van der Waals surface area contributed by atoms with Crippen LogP contribution in [0, 0.1) is 0 Å². The summed E-state index contributed by atoms with van der Waals surface area (Å²) in [5.74, 6) is -2.62. The Bertz CT molecular complexity index is 596. The van der Waals surface area contributed by atoms with Gasteiger partial charge in [0.25, 0.3) is 5.79 Å². The molecule has 6 heteroatoms. The fraction of sp³-hybridized carbons (Fsp3) is 0.412. The van der Waals surface area contributed by atoms with Gasteiger partial charge in [-0.05, 0) is 17.7 Å². The predicted molar refractivity (Wildman–Crippen MR) is 86.4 cm³/mol. The number of esters is 2. The lowest BCUT2D eigenvalue weighted by Gasteiger charge is -2.29. The summed E-state index contributed by atoms with van der Waals surface area (Å²) in [6.07, 6.45) is 1.31. The van der Waals surface area contributed by atoms with Crippen LogP contribution in [0.4, 0.5) is 5.69 Å². The molecule has 2 rings (SSSR count). The Morgan fingerprint density at radius 1 is 1.09 bits per heavy atom. The van der Waals surface area contributed by atoms with Gasteiger partial charge < -0.3 is 20.1 Å². The number of benzene rings is 1. The minimum absolute atomic E-state index is 0.158. The summed E-state index contributed by atoms with van der Waals surface area (Å²) in [4.78, 5) is 23.6. The van der Waals surface area contributed by atoms with Crippen LogP contribution in [0.2, 0.25) is 0 Å². The second-order valence-electron chi connectivity index (χ2n) is 6.11. The van der Waals surface area contributed by atoms with Crippen LogP contribution >= 0.6 is 0 Å². The Morgan fingerprint density at radius 2 is 1.65 bits per heavy atom. The molecule has 1 aliphatic rings. The molecule has 0 atom stereocenters. The molecule has 1 aromatic carbocycles. The molecule has 1 heterocycles. The number of nitrogens with one attached hydrogen (secondary N) is 2. The smallest absolute Gasteiger partial charge is 0.350 e. The van der Waals surface area contributed by atoms with E-state index in [1.54, 1.807) is 0 Å². The quantitative estimate of drug-likeness (QED) is 0.493. The highest BCUT2D eigenvalue weighted by molar-refractivity contribution is 6.15. The Hall–Kier alpha value is -2.34. The van der Waals surface area contributed by atoms with Crippen LogP contribution in [0.5, 0.6) is 0 Å². The summed E-state index contributed by atoms with van der Waals surface area (Å²) in [5, 5.41) is 6.24. The molecular formula is C17H22N2O4. The van der Waals surface area contributed by atoms with E-state index in [4.69, 9.17) is 9.47 Å². The van der Waals surface area contributed by atoms with E-state index in [1.807, 2.05) is 24.3 Å². The molecule has 0 saturated carbocycles. The maximum atomic E-state index is 11.8. The molecule has 1 fully saturated rings. The molecular weight excluding hydrogens is 296 g/mol. The Morgan fingerprint density at radius 3 is 2.17 bits per heavy atom. The first-order valence-electron chi connectivity index (χ1n) is 7.52. The SMILES string of the molecule is CC(C)NCc1ccc(NC=C2C(=O)OC(C)(C)OC2=O)cc1. The van der Waals surface area contributed by atoms with Crippen LogP contribution in [0.1, 0.15) is 33.3 Å². The van der Waals surface area contributed by atoms with E-state index in [1.165, 1.54) is 20.0 Å². The van der Waals surface area contributed by atoms with Gasteiger partial charge in [-0.3, -0.25) is 0 Å². The molecule has 0 amide bonds. The Balaban J connectivity index is 1.99. The topological polar surface area (TPSA) is 76.7 Å². The van der Waals surface area contributed by atoms with Crippen molar-refractivity contribution in [3.05, 3.63) is 41.6 Å². The van der Waals surface area contributed by atoms with Crippen molar-refractivity contribution in [3.63, 3.8) is 0 Å². The third kappa shape index (κ3) is 4.82. The molecule has 23 heavy (non-hydrogen) atoms. The van der Waals surface area contributed by atoms with Crippen molar-refractivity contribution >= 4 is 17.6 Å². The molecule has 2 N–H and O–H groups in total. The zero-order valence-electron chi connectivity index (χ0n) is 13.8. The second-order valence-corrected chi connectivity index (χ2v) is 6.11. The van der Waals surface area contributed by atoms with Gasteiger partial charge in [0, 0.05) is 38.3 Å². The fourth-order valence-electron chi connectivity index (χ4n) is 1.97. The van der Waals surface area contributed by atoms with Gasteiger partial charge in [0.05, 0.1) is 0 Å². The highest BCUT2D eigenvalue weighted by Gasteiger charge is 2.38. The molecule has 0 aromatic heterocycles. The van der Waals surface area contributed by atoms with Crippen molar-refractivity contribution in [1.29, 1.82) is 0 Å². The van der Waals surface area contributed by atoms with Crippen LogP contribution < -0.4 is 10.6 Å². The molecule has 0 radical (unpaired) electrons. The number of cyclic esters (lactones) is 2. The number of hydrogen-bond acceptors (Lipinski definition) is 6. The monoisotopic (exact) mass is 318 g/mol. The average molecular weight is 318 g/mol. The van der Waals surface area contributed by atoms with Crippen molar-refractivity contribution in [2.45, 2.75) is 46.1 Å². The predicted octanol–water partition coefficient (Wildman–Crippen LogP) is 2.32. The molecule has 1 aromatic rings. The normalized spacial score (nSPS) is 16.8. The highest BCUT2D eigenvalue weighted by atomic mass is 16.7. The maximum Gasteiger partial charge on any atom is 0.350 e. The number of rotatable bonds is 5. The largest absolute Gasteiger partial charge is 0.419 e. The average Bonchev–Trinajstić information content (AvgIpc) is 2.44. The Labute approximate surface area is 135 Å². The van der Waals surface area contributed by atoms with Gasteiger partial charge in [-0.25, -0.2) is 9.59 Å². The molecule has 124 valence electrons. The van der Waals surface area contributed by atoms with Gasteiger partial charge >= 0.3 is 11.9 Å². The molecule has 1 aliphatic heterocycles. The lowest BCUT2D eigenvalue weighted by Crippen LogP contribution is -2.42. The van der Waals surface area contributed by atoms with Gasteiger partial charge in [0.15, 0.2) is 5.57 Å². The first-order chi connectivity index (χ1) is 10.8. The highest BCUT2D eigenvalue weighted by Crippen LogP contribution is 2.22. The van der Waals surface area contributed by atoms with Crippen LogP contribution in [0.25, 0.3) is 0 Å². The lowest BCUT2D eigenvalue weighted by molar-refractivity contribution is -0.222. The van der Waals surface area contributed by atoms with Gasteiger partial charge in [-0.1, -0.05) is 26.0 Å². The number of anilines is 1. The number of ether oxygens (including phenoxy) is 2. The van der Waals surface area contributed by atoms with Crippen molar-refractivity contribution < 1.29 is 19.1 Å². The number of carbonyl (C=O) groups is 2. The van der Waals surface area contributed by atoms with E-state index in [2.05, 4.69) is 24.5 Å². The van der Waals surface area contributed by atoms with Crippen LogP contribution in [-0.2, 0) is 25.6 Å². The molecule has 0 spiro atoms. The van der Waals surface area contributed by atoms with Gasteiger partial charge in [0.2, 0.25) is 0 Å². The van der Waals surface area contributed by atoms with Crippen molar-refractivity contribution in [2.75, 3.05) is 5.32 Å². The number of carbonyl (C=O) groups excluding carboxylic acids is 2. The third-order valence-corrected chi connectivity index (χ3v) is 3.17. The third-order valence-electron chi connectivity index (χ3n) is 3.17. The van der Waals surface area contributed by atoms with Crippen LogP contribution in [-0.4, -0.2) is 23.8 Å². The van der Waals surface area contributed by atoms with Gasteiger partial charge in [-0.2, -0.15) is 0 Å². The minimum Gasteiger partial charge on any atom is -0.419 e. The van der Waals surface area contributed by atoms with E-state index in [0.717, 1.165) is 17.8 Å². The first kappa shape index (κ1) is 17.0. The zero-order valence-corrected chi connectivity index (χ0v) is 13.8. The standard InChI is InChI=1S/C17H22N2O4/c1-11(2)18-9-12-5-7-13(8-6-12)19-10-14-15(20)22-17(3,4)23-16(14)21/h5-8,10-11,18-19H,9H2,1-4H3. The molecule has 0 aliphatic carbocycles. The van der Waals surface area contributed by atoms with Gasteiger partial charge in [-0.15, -0.1) is 0 Å². The molecule has 1 saturated heterocycles. The molecule has 0 unspecified atom stereocenters. The van der Waals surface area contributed by atoms with Crippen LogP contribution in [0.15, 0.2) is 36.0 Å². The summed E-state index contributed by atoms with van der Waals surface area (Å²) >= 11 is 0. The summed E-state index contributed by atoms with van der Waals surface area (Å²) in [5.41, 5.74) is 1.75. The van der Waals surface area contributed by atoms with Crippen molar-refractivity contribution in [2.24, 2.45) is 0 Å². The summed E-state index contributed by atoms with van der Waals surface area (Å²) < 4.78 is 10.0. The van der Waals surface area contributed by atoms with Crippen molar-refractivity contribution in [1.82, 2.24) is 5.32 Å². The van der Waals surface area contributed by atoms with E-state index >= 15 is 0 Å². The van der Waals surface area contributed by atoms with E-state index < -0.39 is 17.7 Å². The summed E-state index contributed by atoms with van der Waals surface area (Å²) in [7, 11) is 0.